The van der Waals surface area contributed by atoms with Crippen LogP contribution < -0.4 is 5.32 Å². The van der Waals surface area contributed by atoms with Gasteiger partial charge in [0.2, 0.25) is 5.91 Å². The number of nitrogens with zero attached hydrogens (tertiary/aromatic N) is 1. The van der Waals surface area contributed by atoms with Crippen molar-refractivity contribution in [3.05, 3.63) is 22.4 Å². The Morgan fingerprint density at radius 1 is 1.36 bits per heavy atom. The standard InChI is InChI=1S/C18H28N2OS/c1-13(2)20-11-14-5-3-6-15(12-20)17(14)9-18(21)19-10-16-7-4-8-22-16/h4,7-8,13-15,17H,3,5-6,9-12H2,1-2H3,(H,19,21). The first-order valence-corrected chi connectivity index (χ1v) is 9.54. The fourth-order valence-corrected chi connectivity index (χ4v) is 4.87. The number of thiophene rings is 1. The number of carbonyl (C=O) groups is 1. The number of hydrogen-bond acceptors (Lipinski definition) is 3. The van der Waals surface area contributed by atoms with E-state index in [0.29, 0.717) is 18.5 Å². The minimum Gasteiger partial charge on any atom is -0.351 e. The van der Waals surface area contributed by atoms with Crippen molar-refractivity contribution in [2.75, 3.05) is 13.1 Å². The highest BCUT2D eigenvalue weighted by Crippen LogP contribution is 2.42. The molecule has 1 amide bonds. The summed E-state index contributed by atoms with van der Waals surface area (Å²) in [4.78, 5) is 16.2. The summed E-state index contributed by atoms with van der Waals surface area (Å²) in [5.74, 6) is 2.30. The molecule has 2 fully saturated rings. The van der Waals surface area contributed by atoms with E-state index in [-0.39, 0.29) is 5.91 Å². The van der Waals surface area contributed by atoms with Crippen LogP contribution in [0.15, 0.2) is 17.5 Å². The van der Waals surface area contributed by atoms with E-state index in [4.69, 9.17) is 0 Å². The largest absolute Gasteiger partial charge is 0.351 e. The first kappa shape index (κ1) is 16.0. The molecule has 1 aliphatic carbocycles. The molecule has 0 aromatic carbocycles. The summed E-state index contributed by atoms with van der Waals surface area (Å²) in [6.45, 7) is 7.67. The van der Waals surface area contributed by atoms with Crippen LogP contribution >= 0.6 is 11.3 Å². The maximum Gasteiger partial charge on any atom is 0.220 e. The number of piperidine rings is 1. The number of nitrogens with one attached hydrogen (secondary N) is 1. The first-order chi connectivity index (χ1) is 10.6. The average Bonchev–Trinajstić information content (AvgIpc) is 2.97. The lowest BCUT2D eigenvalue weighted by Gasteiger charge is -2.48. The topological polar surface area (TPSA) is 32.3 Å². The second kappa shape index (κ2) is 7.14. The van der Waals surface area contributed by atoms with Gasteiger partial charge in [0.25, 0.3) is 0 Å². The number of amides is 1. The van der Waals surface area contributed by atoms with E-state index in [0.717, 1.165) is 18.3 Å². The normalized spacial score (nSPS) is 28.8. The first-order valence-electron chi connectivity index (χ1n) is 8.66. The Hall–Kier alpha value is -0.870. The molecule has 3 nitrogen and oxygen atoms in total. The summed E-state index contributed by atoms with van der Waals surface area (Å²) < 4.78 is 0. The third-order valence-electron chi connectivity index (χ3n) is 5.49. The van der Waals surface area contributed by atoms with E-state index in [1.54, 1.807) is 11.3 Å². The summed E-state index contributed by atoms with van der Waals surface area (Å²) in [5, 5.41) is 5.18. The van der Waals surface area contributed by atoms with Gasteiger partial charge in [0, 0.05) is 30.4 Å². The van der Waals surface area contributed by atoms with Gasteiger partial charge in [-0.2, -0.15) is 0 Å². The second-order valence-corrected chi connectivity index (χ2v) is 8.26. The fourth-order valence-electron chi connectivity index (χ4n) is 4.23. The van der Waals surface area contributed by atoms with Gasteiger partial charge >= 0.3 is 0 Å². The fraction of sp³-hybridized carbons (Fsp3) is 0.722. The second-order valence-electron chi connectivity index (χ2n) is 7.22. The van der Waals surface area contributed by atoms with Crippen LogP contribution in [0.4, 0.5) is 0 Å². The Balaban J connectivity index is 1.54. The average molecular weight is 321 g/mol. The van der Waals surface area contributed by atoms with Crippen LogP contribution in [0.2, 0.25) is 0 Å². The molecule has 0 radical (unpaired) electrons. The van der Waals surface area contributed by atoms with Crippen molar-refractivity contribution in [1.29, 1.82) is 0 Å². The highest BCUT2D eigenvalue weighted by Gasteiger charge is 2.40. The number of hydrogen-bond donors (Lipinski definition) is 1. The van der Waals surface area contributed by atoms with Gasteiger partial charge < -0.3 is 10.2 Å². The van der Waals surface area contributed by atoms with Crippen LogP contribution in [0, 0.1) is 17.8 Å². The summed E-state index contributed by atoms with van der Waals surface area (Å²) in [7, 11) is 0. The van der Waals surface area contributed by atoms with Crippen LogP contribution in [-0.4, -0.2) is 29.9 Å². The Labute approximate surface area is 138 Å². The minimum absolute atomic E-state index is 0.244. The zero-order chi connectivity index (χ0) is 15.5. The third-order valence-corrected chi connectivity index (χ3v) is 6.37. The molecule has 1 aromatic heterocycles. The molecule has 1 aliphatic heterocycles. The van der Waals surface area contributed by atoms with Crippen LogP contribution in [0.1, 0.15) is 44.4 Å². The molecule has 3 rings (SSSR count). The summed E-state index contributed by atoms with van der Waals surface area (Å²) >= 11 is 1.71. The van der Waals surface area contributed by atoms with Crippen LogP contribution in [0.25, 0.3) is 0 Å². The third kappa shape index (κ3) is 3.72. The van der Waals surface area contributed by atoms with Gasteiger partial charge in [0.05, 0.1) is 6.54 Å². The number of fused-ring (bicyclic) bond motifs is 2. The van der Waals surface area contributed by atoms with E-state index in [2.05, 4.69) is 35.5 Å². The van der Waals surface area contributed by atoms with Gasteiger partial charge in [-0.25, -0.2) is 0 Å². The van der Waals surface area contributed by atoms with E-state index in [1.807, 2.05) is 6.07 Å². The van der Waals surface area contributed by atoms with Gasteiger partial charge in [-0.15, -0.1) is 11.3 Å². The monoisotopic (exact) mass is 320 g/mol. The SMILES string of the molecule is CC(C)N1CC2CCCC(C1)C2CC(=O)NCc1cccs1. The van der Waals surface area contributed by atoms with Crippen molar-refractivity contribution in [3.63, 3.8) is 0 Å². The Kier molecular flexibility index (Phi) is 5.19. The predicted octanol–water partition coefficient (Wildman–Crippen LogP) is 3.51. The van der Waals surface area contributed by atoms with Crippen molar-refractivity contribution in [2.24, 2.45) is 17.8 Å². The quantitative estimate of drug-likeness (QED) is 0.900. The molecule has 2 heterocycles. The van der Waals surface area contributed by atoms with Crippen LogP contribution in [0.3, 0.4) is 0 Å². The van der Waals surface area contributed by atoms with Crippen molar-refractivity contribution < 1.29 is 4.79 Å². The van der Waals surface area contributed by atoms with Crippen molar-refractivity contribution in [3.8, 4) is 0 Å². The molecule has 122 valence electrons. The molecule has 22 heavy (non-hydrogen) atoms. The highest BCUT2D eigenvalue weighted by molar-refractivity contribution is 7.09. The van der Waals surface area contributed by atoms with E-state index < -0.39 is 0 Å². The van der Waals surface area contributed by atoms with Crippen molar-refractivity contribution in [1.82, 2.24) is 10.2 Å². The molecule has 1 saturated carbocycles. The zero-order valence-corrected chi connectivity index (χ0v) is 14.6. The predicted molar refractivity (Wildman–Crippen MR) is 91.8 cm³/mol. The number of rotatable bonds is 5. The molecule has 1 N–H and O–H groups in total. The smallest absolute Gasteiger partial charge is 0.220 e. The molecule has 1 saturated heterocycles. The molecule has 1 aromatic rings. The molecular formula is C18H28N2OS. The molecule has 2 unspecified atom stereocenters. The minimum atomic E-state index is 0.244. The Morgan fingerprint density at radius 2 is 2.09 bits per heavy atom. The van der Waals surface area contributed by atoms with Gasteiger partial charge in [0.1, 0.15) is 0 Å². The molecule has 0 spiro atoms. The van der Waals surface area contributed by atoms with Crippen LogP contribution in [-0.2, 0) is 11.3 Å². The van der Waals surface area contributed by atoms with Gasteiger partial charge in [-0.05, 0) is 55.9 Å². The Morgan fingerprint density at radius 3 is 2.68 bits per heavy atom. The van der Waals surface area contributed by atoms with Gasteiger partial charge in [0.15, 0.2) is 0 Å². The number of carbonyl (C=O) groups excluding carboxylic acids is 1. The lowest BCUT2D eigenvalue weighted by Crippen LogP contribution is -2.51. The molecular weight excluding hydrogens is 292 g/mol. The van der Waals surface area contributed by atoms with E-state index >= 15 is 0 Å². The van der Waals surface area contributed by atoms with Gasteiger partial charge in [-0.3, -0.25) is 4.79 Å². The summed E-state index contributed by atoms with van der Waals surface area (Å²) in [6, 6.07) is 4.76. The highest BCUT2D eigenvalue weighted by atomic mass is 32.1. The molecule has 2 bridgehead atoms. The van der Waals surface area contributed by atoms with Crippen molar-refractivity contribution >= 4 is 17.2 Å². The van der Waals surface area contributed by atoms with E-state index in [9.17, 15) is 4.79 Å². The Bertz CT molecular complexity index is 471. The van der Waals surface area contributed by atoms with Gasteiger partial charge in [-0.1, -0.05) is 12.5 Å². The zero-order valence-electron chi connectivity index (χ0n) is 13.8. The van der Waals surface area contributed by atoms with E-state index in [1.165, 1.54) is 37.2 Å². The van der Waals surface area contributed by atoms with Crippen molar-refractivity contribution in [2.45, 2.75) is 52.1 Å². The summed E-state index contributed by atoms with van der Waals surface area (Å²) in [6.07, 6.45) is 4.70. The van der Waals surface area contributed by atoms with Crippen LogP contribution in [0.5, 0.6) is 0 Å². The molecule has 4 heteroatoms. The summed E-state index contributed by atoms with van der Waals surface area (Å²) in [5.41, 5.74) is 0. The lowest BCUT2D eigenvalue weighted by molar-refractivity contribution is -0.124. The maximum atomic E-state index is 12.3. The molecule has 2 aliphatic rings. The molecule has 2 atom stereocenters. The number of likely N-dealkylation sites (tertiary alicyclic amines) is 1. The lowest BCUT2D eigenvalue weighted by atomic mass is 9.67. The maximum absolute atomic E-state index is 12.3.